The highest BCUT2D eigenvalue weighted by Gasteiger charge is 2.31. The van der Waals surface area contributed by atoms with Crippen LogP contribution in [0.2, 0.25) is 5.02 Å². The minimum atomic E-state index is -0.114. The molecule has 0 amide bonds. The first-order valence-electron chi connectivity index (χ1n) is 6.77. The summed E-state index contributed by atoms with van der Waals surface area (Å²) in [6, 6.07) is 5.94. The second kappa shape index (κ2) is 6.40. The summed E-state index contributed by atoms with van der Waals surface area (Å²) in [4.78, 5) is 14.0. The number of benzene rings is 1. The number of halogens is 1. The van der Waals surface area contributed by atoms with E-state index in [-0.39, 0.29) is 12.0 Å². The van der Waals surface area contributed by atoms with Crippen molar-refractivity contribution in [1.29, 1.82) is 0 Å². The van der Waals surface area contributed by atoms with E-state index in [0.717, 1.165) is 35.5 Å². The average molecular weight is 282 g/mol. The lowest BCUT2D eigenvalue weighted by atomic mass is 10.1. The van der Waals surface area contributed by atoms with E-state index in [1.54, 1.807) is 0 Å². The lowest BCUT2D eigenvalue weighted by Gasteiger charge is -2.23. The van der Waals surface area contributed by atoms with E-state index < -0.39 is 0 Å². The van der Waals surface area contributed by atoms with Gasteiger partial charge in [-0.15, -0.1) is 0 Å². The molecular formula is C15H20ClNO2. The summed E-state index contributed by atoms with van der Waals surface area (Å²) in [6.07, 6.45) is 1.91. The first-order valence-corrected chi connectivity index (χ1v) is 7.15. The molecule has 0 aromatic heterocycles. The van der Waals surface area contributed by atoms with Crippen LogP contribution in [-0.2, 0) is 16.1 Å². The third-order valence-electron chi connectivity index (χ3n) is 3.50. The summed E-state index contributed by atoms with van der Waals surface area (Å²) in [5, 5.41) is 0.773. The van der Waals surface area contributed by atoms with Crippen LogP contribution in [0.4, 0.5) is 0 Å². The fraction of sp³-hybridized carbons (Fsp3) is 0.533. The second-order valence-corrected chi connectivity index (χ2v) is 5.38. The summed E-state index contributed by atoms with van der Waals surface area (Å²) < 4.78 is 5.13. The molecule has 1 atom stereocenters. The van der Waals surface area contributed by atoms with Gasteiger partial charge in [0.05, 0.1) is 6.61 Å². The van der Waals surface area contributed by atoms with Crippen molar-refractivity contribution < 1.29 is 9.53 Å². The Labute approximate surface area is 119 Å². The normalized spacial score (nSPS) is 19.6. The van der Waals surface area contributed by atoms with Crippen molar-refractivity contribution >= 4 is 17.6 Å². The molecule has 0 N–H and O–H groups in total. The molecule has 1 fully saturated rings. The zero-order valence-electron chi connectivity index (χ0n) is 11.5. The number of likely N-dealkylation sites (tertiary alicyclic amines) is 1. The Morgan fingerprint density at radius 3 is 3.00 bits per heavy atom. The minimum Gasteiger partial charge on any atom is -0.465 e. The maximum atomic E-state index is 11.9. The largest absolute Gasteiger partial charge is 0.465 e. The summed E-state index contributed by atoms with van der Waals surface area (Å²) in [6.45, 7) is 5.94. The molecule has 0 aliphatic carbocycles. The number of carbonyl (C=O) groups is 1. The van der Waals surface area contributed by atoms with Gasteiger partial charge in [0.25, 0.3) is 0 Å². The number of ether oxygens (including phenoxy) is 1. The molecule has 1 unspecified atom stereocenters. The molecule has 0 bridgehead atoms. The van der Waals surface area contributed by atoms with E-state index in [1.807, 2.05) is 26.0 Å². The smallest absolute Gasteiger partial charge is 0.323 e. The van der Waals surface area contributed by atoms with Crippen LogP contribution in [-0.4, -0.2) is 30.1 Å². The SMILES string of the molecule is CCOC(=O)C1CCCN1Cc1ccc(C)cc1Cl. The number of rotatable bonds is 4. The van der Waals surface area contributed by atoms with E-state index in [1.165, 1.54) is 0 Å². The molecular weight excluding hydrogens is 262 g/mol. The first kappa shape index (κ1) is 14.4. The Morgan fingerprint density at radius 2 is 2.32 bits per heavy atom. The summed E-state index contributed by atoms with van der Waals surface area (Å²) >= 11 is 6.25. The number of nitrogens with zero attached hydrogens (tertiary/aromatic N) is 1. The van der Waals surface area contributed by atoms with Crippen LogP contribution in [0.25, 0.3) is 0 Å². The van der Waals surface area contributed by atoms with Gasteiger partial charge in [0.15, 0.2) is 0 Å². The third-order valence-corrected chi connectivity index (χ3v) is 3.86. The van der Waals surface area contributed by atoms with E-state index >= 15 is 0 Å². The van der Waals surface area contributed by atoms with Gasteiger partial charge in [-0.2, -0.15) is 0 Å². The highest BCUT2D eigenvalue weighted by molar-refractivity contribution is 6.31. The molecule has 1 saturated heterocycles. The monoisotopic (exact) mass is 281 g/mol. The fourth-order valence-electron chi connectivity index (χ4n) is 2.52. The molecule has 4 heteroatoms. The molecule has 1 aliphatic heterocycles. The van der Waals surface area contributed by atoms with Gasteiger partial charge in [0.1, 0.15) is 6.04 Å². The average Bonchev–Trinajstić information content (AvgIpc) is 2.81. The van der Waals surface area contributed by atoms with Crippen molar-refractivity contribution in [2.45, 2.75) is 39.3 Å². The predicted octanol–water partition coefficient (Wildman–Crippen LogP) is 3.18. The summed E-state index contributed by atoms with van der Waals surface area (Å²) in [5.41, 5.74) is 2.22. The number of hydrogen-bond donors (Lipinski definition) is 0. The highest BCUT2D eigenvalue weighted by atomic mass is 35.5. The fourth-order valence-corrected chi connectivity index (χ4v) is 2.81. The van der Waals surface area contributed by atoms with Gasteiger partial charge in [-0.05, 0) is 50.4 Å². The molecule has 1 aromatic rings. The number of hydrogen-bond acceptors (Lipinski definition) is 3. The molecule has 1 aliphatic rings. The van der Waals surface area contributed by atoms with Crippen LogP contribution < -0.4 is 0 Å². The number of carbonyl (C=O) groups excluding carboxylic acids is 1. The zero-order chi connectivity index (χ0) is 13.8. The maximum absolute atomic E-state index is 11.9. The molecule has 0 spiro atoms. The van der Waals surface area contributed by atoms with E-state index in [2.05, 4.69) is 11.0 Å². The number of esters is 1. The van der Waals surface area contributed by atoms with E-state index in [9.17, 15) is 4.79 Å². The minimum absolute atomic E-state index is 0.108. The van der Waals surface area contributed by atoms with Crippen LogP contribution in [0.5, 0.6) is 0 Å². The molecule has 0 saturated carbocycles. The molecule has 1 aromatic carbocycles. The van der Waals surface area contributed by atoms with Crippen molar-refractivity contribution in [3.8, 4) is 0 Å². The molecule has 104 valence electrons. The van der Waals surface area contributed by atoms with Crippen molar-refractivity contribution in [3.63, 3.8) is 0 Å². The zero-order valence-corrected chi connectivity index (χ0v) is 12.2. The Bertz CT molecular complexity index is 461. The maximum Gasteiger partial charge on any atom is 0.323 e. The van der Waals surface area contributed by atoms with Gasteiger partial charge in [-0.25, -0.2) is 0 Å². The summed E-state index contributed by atoms with van der Waals surface area (Å²) in [5.74, 6) is -0.108. The van der Waals surface area contributed by atoms with Gasteiger partial charge < -0.3 is 4.74 Å². The quantitative estimate of drug-likeness (QED) is 0.794. The van der Waals surface area contributed by atoms with Crippen molar-refractivity contribution in [1.82, 2.24) is 4.90 Å². The van der Waals surface area contributed by atoms with E-state index in [4.69, 9.17) is 16.3 Å². The Kier molecular flexibility index (Phi) is 4.83. The molecule has 0 radical (unpaired) electrons. The topological polar surface area (TPSA) is 29.5 Å². The molecule has 1 heterocycles. The Balaban J connectivity index is 2.07. The van der Waals surface area contributed by atoms with Crippen LogP contribution in [0.3, 0.4) is 0 Å². The van der Waals surface area contributed by atoms with Crippen LogP contribution in [0.1, 0.15) is 30.9 Å². The summed E-state index contributed by atoms with van der Waals surface area (Å²) in [7, 11) is 0. The Hall–Kier alpha value is -1.06. The molecule has 19 heavy (non-hydrogen) atoms. The van der Waals surface area contributed by atoms with Gasteiger partial charge in [-0.3, -0.25) is 9.69 Å². The van der Waals surface area contributed by atoms with Gasteiger partial charge >= 0.3 is 5.97 Å². The molecule has 3 nitrogen and oxygen atoms in total. The predicted molar refractivity (Wildman–Crippen MR) is 76.3 cm³/mol. The Morgan fingerprint density at radius 1 is 1.53 bits per heavy atom. The van der Waals surface area contributed by atoms with Gasteiger partial charge in [0.2, 0.25) is 0 Å². The second-order valence-electron chi connectivity index (χ2n) is 4.98. The lowest BCUT2D eigenvalue weighted by Crippen LogP contribution is -2.36. The lowest BCUT2D eigenvalue weighted by molar-refractivity contribution is -0.148. The van der Waals surface area contributed by atoms with Gasteiger partial charge in [0, 0.05) is 11.6 Å². The third kappa shape index (κ3) is 3.48. The van der Waals surface area contributed by atoms with Crippen molar-refractivity contribution in [2.75, 3.05) is 13.2 Å². The van der Waals surface area contributed by atoms with Crippen molar-refractivity contribution in [2.24, 2.45) is 0 Å². The number of aryl methyl sites for hydroxylation is 1. The van der Waals surface area contributed by atoms with Crippen molar-refractivity contribution in [3.05, 3.63) is 34.3 Å². The highest BCUT2D eigenvalue weighted by Crippen LogP contribution is 2.25. The van der Waals surface area contributed by atoms with Crippen LogP contribution in [0, 0.1) is 6.92 Å². The molecule has 2 rings (SSSR count). The first-order chi connectivity index (χ1) is 9.11. The van der Waals surface area contributed by atoms with Gasteiger partial charge in [-0.1, -0.05) is 23.7 Å². The standard InChI is InChI=1S/C15H20ClNO2/c1-3-19-15(18)14-5-4-8-17(14)10-12-7-6-11(2)9-13(12)16/h6-7,9,14H,3-5,8,10H2,1-2H3. The van der Waals surface area contributed by atoms with E-state index in [0.29, 0.717) is 13.2 Å². The van der Waals surface area contributed by atoms with Crippen LogP contribution in [0.15, 0.2) is 18.2 Å². The van der Waals surface area contributed by atoms with Crippen LogP contribution >= 0.6 is 11.6 Å².